The Labute approximate surface area is 157 Å². The van der Waals surface area contributed by atoms with Crippen molar-refractivity contribution in [3.8, 4) is 23.4 Å². The lowest BCUT2D eigenvalue weighted by atomic mass is 9.98. The minimum atomic E-state index is -0.0249. The van der Waals surface area contributed by atoms with Crippen molar-refractivity contribution in [2.75, 3.05) is 5.73 Å². The molecule has 1 aromatic heterocycles. The first-order chi connectivity index (χ1) is 13.2. The number of nitrogens with two attached hydrogens (primary N) is 2. The highest BCUT2D eigenvalue weighted by Crippen LogP contribution is 2.31. The minimum Gasteiger partial charge on any atom is -0.397 e. The smallest absolute Gasteiger partial charge is 0.135 e. The monoisotopic (exact) mass is 352 g/mol. The summed E-state index contributed by atoms with van der Waals surface area (Å²) in [6.45, 7) is 0. The summed E-state index contributed by atoms with van der Waals surface area (Å²) in [5, 5.41) is 18.6. The molecular formula is C21H16N6. The van der Waals surface area contributed by atoms with Gasteiger partial charge in [0.25, 0.3) is 0 Å². The number of hydrogen-bond donors (Lipinski definition) is 2. The third-order valence-corrected chi connectivity index (χ3v) is 3.98. The second-order valence-electron chi connectivity index (χ2n) is 5.72. The Morgan fingerprint density at radius 2 is 1.63 bits per heavy atom. The van der Waals surface area contributed by atoms with E-state index in [9.17, 15) is 5.26 Å². The van der Waals surface area contributed by atoms with Gasteiger partial charge in [0, 0.05) is 5.56 Å². The number of rotatable bonds is 4. The largest absolute Gasteiger partial charge is 0.397 e. The first-order valence-electron chi connectivity index (χ1n) is 8.20. The van der Waals surface area contributed by atoms with Gasteiger partial charge < -0.3 is 11.5 Å². The topological polar surface area (TPSA) is 125 Å². The van der Waals surface area contributed by atoms with Crippen LogP contribution in [0.5, 0.6) is 0 Å². The average molecular weight is 352 g/mol. The van der Waals surface area contributed by atoms with Crippen molar-refractivity contribution in [1.82, 2.24) is 4.98 Å². The number of hydrogen-bond acceptors (Lipinski definition) is 5. The molecule has 0 radical (unpaired) electrons. The van der Waals surface area contributed by atoms with Gasteiger partial charge >= 0.3 is 0 Å². The summed E-state index contributed by atoms with van der Waals surface area (Å²) in [5.41, 5.74) is 15.5. The normalized spacial score (nSPS) is 10.8. The van der Waals surface area contributed by atoms with E-state index in [-0.39, 0.29) is 23.5 Å². The molecule has 4 N–H and O–H groups in total. The van der Waals surface area contributed by atoms with Gasteiger partial charge in [-0.3, -0.25) is 0 Å². The minimum absolute atomic E-state index is 0.0249. The lowest BCUT2D eigenvalue weighted by Crippen LogP contribution is -2.19. The fraction of sp³-hybridized carbons (Fsp3) is 0.0476. The van der Waals surface area contributed by atoms with Gasteiger partial charge in [-0.15, -0.1) is 0 Å². The van der Waals surface area contributed by atoms with Gasteiger partial charge in [-0.25, -0.2) is 9.98 Å². The number of benzene rings is 2. The molecule has 0 amide bonds. The van der Waals surface area contributed by atoms with Crippen LogP contribution >= 0.6 is 0 Å². The average Bonchev–Trinajstić information content (AvgIpc) is 2.69. The molecule has 1 heterocycles. The number of anilines is 1. The highest BCUT2D eigenvalue weighted by atomic mass is 14.9. The van der Waals surface area contributed by atoms with E-state index in [2.05, 4.69) is 9.98 Å². The zero-order valence-corrected chi connectivity index (χ0v) is 14.4. The molecule has 0 unspecified atom stereocenters. The Hall–Kier alpha value is -4.16. The van der Waals surface area contributed by atoms with E-state index in [4.69, 9.17) is 16.7 Å². The summed E-state index contributed by atoms with van der Waals surface area (Å²) >= 11 is 0. The third kappa shape index (κ3) is 3.60. The van der Waals surface area contributed by atoms with Crippen molar-refractivity contribution in [2.45, 2.75) is 6.42 Å². The highest BCUT2D eigenvalue weighted by Gasteiger charge is 2.21. The van der Waals surface area contributed by atoms with Crippen LogP contribution in [0.3, 0.4) is 0 Å². The van der Waals surface area contributed by atoms with Crippen molar-refractivity contribution < 1.29 is 0 Å². The number of nitrogen functional groups attached to an aromatic ring is 1. The van der Waals surface area contributed by atoms with Crippen LogP contribution in [0.4, 0.5) is 11.4 Å². The van der Waals surface area contributed by atoms with Crippen LogP contribution in [0.2, 0.25) is 0 Å². The lowest BCUT2D eigenvalue weighted by molar-refractivity contribution is 1.10. The number of pyridine rings is 1. The van der Waals surface area contributed by atoms with Crippen molar-refractivity contribution in [2.24, 2.45) is 10.7 Å². The SMILES string of the molecule is N#CCc1nc(-c2ccccc2)c(C(N)=Nc2ccccc2)c(N)c1C#N. The zero-order chi connectivity index (χ0) is 19.2. The molecule has 6 heteroatoms. The van der Waals surface area contributed by atoms with E-state index in [0.717, 1.165) is 5.56 Å². The quantitative estimate of drug-likeness (QED) is 0.550. The van der Waals surface area contributed by atoms with Crippen molar-refractivity contribution >= 4 is 17.2 Å². The summed E-state index contributed by atoms with van der Waals surface area (Å²) < 4.78 is 0. The number of para-hydroxylation sites is 1. The van der Waals surface area contributed by atoms with Gasteiger partial charge in [0.1, 0.15) is 11.9 Å². The molecular weight excluding hydrogens is 336 g/mol. The molecule has 0 saturated heterocycles. The molecule has 2 aromatic carbocycles. The molecule has 27 heavy (non-hydrogen) atoms. The first kappa shape index (κ1) is 17.7. The summed E-state index contributed by atoms with van der Waals surface area (Å²) in [6.07, 6.45) is -0.0249. The molecule has 3 rings (SSSR count). The molecule has 3 aromatic rings. The fourth-order valence-electron chi connectivity index (χ4n) is 2.74. The number of aromatic nitrogens is 1. The number of nitriles is 2. The molecule has 0 aliphatic rings. The standard InChI is InChI=1S/C21H16N6/c22-12-11-17-16(13-23)19(24)18(20(27-17)14-7-3-1-4-8-14)21(25)26-15-9-5-2-6-10-15/h1-10H,11H2,(H2,24,27)(H2,25,26). The second-order valence-corrected chi connectivity index (χ2v) is 5.72. The zero-order valence-electron chi connectivity index (χ0n) is 14.4. The number of amidine groups is 1. The molecule has 0 fully saturated rings. The Balaban J connectivity index is 2.30. The first-order valence-corrected chi connectivity index (χ1v) is 8.20. The molecule has 0 atom stereocenters. The predicted molar refractivity (Wildman–Crippen MR) is 105 cm³/mol. The van der Waals surface area contributed by atoms with Gasteiger partial charge in [-0.1, -0.05) is 48.5 Å². The van der Waals surface area contributed by atoms with Crippen LogP contribution in [0.15, 0.2) is 65.7 Å². The molecule has 0 spiro atoms. The van der Waals surface area contributed by atoms with E-state index in [0.29, 0.717) is 22.6 Å². The summed E-state index contributed by atoms with van der Waals surface area (Å²) in [7, 11) is 0. The molecule has 130 valence electrons. The number of aliphatic imine (C=N–C) groups is 1. The van der Waals surface area contributed by atoms with Crippen molar-refractivity contribution in [1.29, 1.82) is 10.5 Å². The summed E-state index contributed by atoms with van der Waals surface area (Å²) in [4.78, 5) is 8.97. The van der Waals surface area contributed by atoms with Gasteiger partial charge in [0.15, 0.2) is 0 Å². The Bertz CT molecular complexity index is 1070. The highest BCUT2D eigenvalue weighted by molar-refractivity contribution is 6.09. The summed E-state index contributed by atoms with van der Waals surface area (Å²) in [6, 6.07) is 22.6. The molecule has 0 bridgehead atoms. The van der Waals surface area contributed by atoms with Gasteiger partial charge in [0.2, 0.25) is 0 Å². The van der Waals surface area contributed by atoms with Crippen molar-refractivity contribution in [3.63, 3.8) is 0 Å². The lowest BCUT2D eigenvalue weighted by Gasteiger charge is -2.15. The maximum atomic E-state index is 9.52. The van der Waals surface area contributed by atoms with E-state index in [1.165, 1.54) is 0 Å². The maximum absolute atomic E-state index is 9.52. The third-order valence-electron chi connectivity index (χ3n) is 3.98. The molecule has 0 saturated carbocycles. The maximum Gasteiger partial charge on any atom is 0.135 e. The Morgan fingerprint density at radius 1 is 1.00 bits per heavy atom. The van der Waals surface area contributed by atoms with Crippen LogP contribution in [-0.2, 0) is 6.42 Å². The van der Waals surface area contributed by atoms with Crippen LogP contribution in [0, 0.1) is 22.7 Å². The van der Waals surface area contributed by atoms with E-state index in [1.807, 2.05) is 72.8 Å². The van der Waals surface area contributed by atoms with Gasteiger partial charge in [-0.2, -0.15) is 10.5 Å². The number of nitrogens with zero attached hydrogens (tertiary/aromatic N) is 4. The fourth-order valence-corrected chi connectivity index (χ4v) is 2.74. The predicted octanol–water partition coefficient (Wildman–Crippen LogP) is 3.31. The molecule has 0 aliphatic carbocycles. The Kier molecular flexibility index (Phi) is 5.11. The van der Waals surface area contributed by atoms with Crippen molar-refractivity contribution in [3.05, 3.63) is 77.5 Å². The van der Waals surface area contributed by atoms with Crippen LogP contribution in [0.25, 0.3) is 11.3 Å². The molecule has 6 nitrogen and oxygen atoms in total. The summed E-state index contributed by atoms with van der Waals surface area (Å²) in [5.74, 6) is 0.157. The van der Waals surface area contributed by atoms with E-state index >= 15 is 0 Å². The van der Waals surface area contributed by atoms with Gasteiger partial charge in [0.05, 0.1) is 46.4 Å². The second kappa shape index (κ2) is 7.81. The van der Waals surface area contributed by atoms with Crippen LogP contribution in [-0.4, -0.2) is 10.8 Å². The van der Waals surface area contributed by atoms with Crippen LogP contribution in [0.1, 0.15) is 16.8 Å². The van der Waals surface area contributed by atoms with E-state index in [1.54, 1.807) is 0 Å². The molecule has 0 aliphatic heterocycles. The van der Waals surface area contributed by atoms with Crippen LogP contribution < -0.4 is 11.5 Å². The van der Waals surface area contributed by atoms with E-state index < -0.39 is 0 Å². The Morgan fingerprint density at radius 3 is 2.22 bits per heavy atom. The van der Waals surface area contributed by atoms with Gasteiger partial charge in [-0.05, 0) is 12.1 Å².